The van der Waals surface area contributed by atoms with Gasteiger partial charge in [-0.05, 0) is 26.7 Å². The number of likely N-dealkylation sites (N-methyl/N-ethyl adjacent to an activating group) is 1. The molecule has 1 aliphatic rings. The van der Waals surface area contributed by atoms with Gasteiger partial charge in [0, 0.05) is 33.2 Å². The third-order valence-corrected chi connectivity index (χ3v) is 3.04. The Hall–Kier alpha value is -0.570. The SMILES string of the molecule is CC(C)NC(=NCC(=O)N(C)C)N1CCC(O)CC1.I. The number of carbonyl (C=O) groups excluding carboxylic acids is 1. The first-order chi connectivity index (χ1) is 8.90. The molecule has 0 aliphatic carbocycles. The number of carbonyl (C=O) groups is 1. The molecule has 118 valence electrons. The second kappa shape index (κ2) is 9.38. The number of piperidine rings is 1. The predicted molar refractivity (Wildman–Crippen MR) is 91.5 cm³/mol. The lowest BCUT2D eigenvalue weighted by molar-refractivity contribution is -0.127. The Morgan fingerprint density at radius 3 is 2.40 bits per heavy atom. The van der Waals surface area contributed by atoms with Crippen LogP contribution < -0.4 is 5.32 Å². The highest BCUT2D eigenvalue weighted by atomic mass is 127. The zero-order valence-corrected chi connectivity index (χ0v) is 15.1. The van der Waals surface area contributed by atoms with Crippen molar-refractivity contribution >= 4 is 35.8 Å². The topological polar surface area (TPSA) is 68.2 Å². The van der Waals surface area contributed by atoms with Gasteiger partial charge in [-0.2, -0.15) is 0 Å². The van der Waals surface area contributed by atoms with Crippen molar-refractivity contribution in [3.63, 3.8) is 0 Å². The second-order valence-corrected chi connectivity index (χ2v) is 5.45. The summed E-state index contributed by atoms with van der Waals surface area (Å²) in [7, 11) is 3.45. The van der Waals surface area contributed by atoms with Crippen LogP contribution in [0.3, 0.4) is 0 Å². The maximum absolute atomic E-state index is 11.6. The minimum absolute atomic E-state index is 0. The standard InChI is InChI=1S/C13H26N4O2.HI/c1-10(2)15-13(14-9-12(19)16(3)4)17-7-5-11(18)6-8-17;/h10-11,18H,5-9H2,1-4H3,(H,14,15);1H. The molecule has 0 radical (unpaired) electrons. The summed E-state index contributed by atoms with van der Waals surface area (Å²) in [5, 5.41) is 12.8. The van der Waals surface area contributed by atoms with Crippen LogP contribution in [0, 0.1) is 0 Å². The molecular weight excluding hydrogens is 371 g/mol. The zero-order chi connectivity index (χ0) is 14.4. The first kappa shape index (κ1) is 19.4. The van der Waals surface area contributed by atoms with Crippen molar-refractivity contribution in [2.24, 2.45) is 4.99 Å². The Kier molecular flexibility index (Phi) is 9.11. The Morgan fingerprint density at radius 1 is 1.40 bits per heavy atom. The molecule has 0 unspecified atom stereocenters. The van der Waals surface area contributed by atoms with Crippen molar-refractivity contribution in [3.8, 4) is 0 Å². The van der Waals surface area contributed by atoms with Crippen molar-refractivity contribution in [2.45, 2.75) is 38.8 Å². The largest absolute Gasteiger partial charge is 0.393 e. The van der Waals surface area contributed by atoms with E-state index in [4.69, 9.17) is 0 Å². The molecule has 1 aliphatic heterocycles. The van der Waals surface area contributed by atoms with Crippen molar-refractivity contribution in [2.75, 3.05) is 33.7 Å². The molecule has 0 aromatic heterocycles. The molecule has 1 heterocycles. The molecule has 0 saturated carbocycles. The molecule has 1 rings (SSSR count). The third kappa shape index (κ3) is 6.74. The highest BCUT2D eigenvalue weighted by Crippen LogP contribution is 2.10. The number of aliphatic hydroxyl groups is 1. The van der Waals surface area contributed by atoms with Crippen LogP contribution in [0.1, 0.15) is 26.7 Å². The molecule has 0 atom stereocenters. The summed E-state index contributed by atoms with van der Waals surface area (Å²) in [6.45, 7) is 5.79. The van der Waals surface area contributed by atoms with E-state index in [0.717, 1.165) is 31.9 Å². The molecule has 0 spiro atoms. The van der Waals surface area contributed by atoms with Crippen LogP contribution in [0.4, 0.5) is 0 Å². The minimum Gasteiger partial charge on any atom is -0.393 e. The number of hydrogen-bond acceptors (Lipinski definition) is 3. The number of guanidine groups is 1. The van der Waals surface area contributed by atoms with Gasteiger partial charge in [0.1, 0.15) is 6.54 Å². The Morgan fingerprint density at radius 2 is 1.95 bits per heavy atom. The van der Waals surface area contributed by atoms with Gasteiger partial charge in [-0.1, -0.05) is 0 Å². The van der Waals surface area contributed by atoms with E-state index >= 15 is 0 Å². The van der Waals surface area contributed by atoms with Crippen LogP contribution in [0.25, 0.3) is 0 Å². The van der Waals surface area contributed by atoms with Gasteiger partial charge in [0.15, 0.2) is 5.96 Å². The fourth-order valence-electron chi connectivity index (χ4n) is 1.86. The quantitative estimate of drug-likeness (QED) is 0.413. The number of amides is 1. The summed E-state index contributed by atoms with van der Waals surface area (Å²) in [5.74, 6) is 0.747. The van der Waals surface area contributed by atoms with E-state index in [-0.39, 0.29) is 48.6 Å². The van der Waals surface area contributed by atoms with E-state index in [0.29, 0.717) is 0 Å². The highest BCUT2D eigenvalue weighted by Gasteiger charge is 2.20. The minimum atomic E-state index is -0.208. The van der Waals surface area contributed by atoms with E-state index in [9.17, 15) is 9.90 Å². The van der Waals surface area contributed by atoms with Crippen LogP contribution in [-0.4, -0.2) is 72.6 Å². The van der Waals surface area contributed by atoms with Crippen LogP contribution in [0.5, 0.6) is 0 Å². The van der Waals surface area contributed by atoms with Gasteiger partial charge in [-0.3, -0.25) is 4.79 Å². The number of halogens is 1. The van der Waals surface area contributed by atoms with Gasteiger partial charge in [-0.15, -0.1) is 24.0 Å². The van der Waals surface area contributed by atoms with Gasteiger partial charge in [0.05, 0.1) is 6.10 Å². The van der Waals surface area contributed by atoms with Crippen molar-refractivity contribution in [3.05, 3.63) is 0 Å². The number of likely N-dealkylation sites (tertiary alicyclic amines) is 1. The summed E-state index contributed by atoms with van der Waals surface area (Å²) in [4.78, 5) is 19.6. The average molecular weight is 398 g/mol. The van der Waals surface area contributed by atoms with Gasteiger partial charge >= 0.3 is 0 Å². The van der Waals surface area contributed by atoms with Crippen LogP contribution in [0.2, 0.25) is 0 Å². The maximum atomic E-state index is 11.6. The lowest BCUT2D eigenvalue weighted by Gasteiger charge is -2.33. The van der Waals surface area contributed by atoms with Gasteiger partial charge in [0.25, 0.3) is 0 Å². The number of hydrogen-bond donors (Lipinski definition) is 2. The first-order valence-corrected chi connectivity index (χ1v) is 6.84. The summed E-state index contributed by atoms with van der Waals surface area (Å²) in [6.07, 6.45) is 1.29. The Labute approximate surface area is 138 Å². The number of nitrogens with zero attached hydrogens (tertiary/aromatic N) is 3. The Bertz CT molecular complexity index is 326. The normalized spacial score (nSPS) is 16.9. The molecule has 1 fully saturated rings. The summed E-state index contributed by atoms with van der Waals surface area (Å²) in [5.41, 5.74) is 0. The summed E-state index contributed by atoms with van der Waals surface area (Å²) in [6, 6.07) is 0.264. The molecule has 1 amide bonds. The summed E-state index contributed by atoms with van der Waals surface area (Å²) < 4.78 is 0. The highest BCUT2D eigenvalue weighted by molar-refractivity contribution is 14.0. The smallest absolute Gasteiger partial charge is 0.243 e. The fourth-order valence-corrected chi connectivity index (χ4v) is 1.86. The number of rotatable bonds is 3. The van der Waals surface area contributed by atoms with Crippen molar-refractivity contribution in [1.82, 2.24) is 15.1 Å². The van der Waals surface area contributed by atoms with Crippen LogP contribution in [-0.2, 0) is 4.79 Å². The van der Waals surface area contributed by atoms with E-state index in [1.807, 2.05) is 13.8 Å². The molecule has 0 bridgehead atoms. The van der Waals surface area contributed by atoms with E-state index in [2.05, 4.69) is 15.2 Å². The van der Waals surface area contributed by atoms with E-state index in [1.165, 1.54) is 4.90 Å². The summed E-state index contributed by atoms with van der Waals surface area (Å²) >= 11 is 0. The molecule has 6 nitrogen and oxygen atoms in total. The molecule has 2 N–H and O–H groups in total. The molecular formula is C13H27IN4O2. The number of nitrogens with one attached hydrogen (secondary N) is 1. The fraction of sp³-hybridized carbons (Fsp3) is 0.846. The van der Waals surface area contributed by atoms with E-state index in [1.54, 1.807) is 14.1 Å². The van der Waals surface area contributed by atoms with Gasteiger partial charge in [0.2, 0.25) is 5.91 Å². The average Bonchev–Trinajstić information content (AvgIpc) is 2.34. The van der Waals surface area contributed by atoms with Gasteiger partial charge < -0.3 is 20.2 Å². The molecule has 1 saturated heterocycles. The number of aliphatic hydroxyl groups excluding tert-OH is 1. The van der Waals surface area contributed by atoms with Crippen LogP contribution >= 0.6 is 24.0 Å². The zero-order valence-electron chi connectivity index (χ0n) is 12.8. The van der Waals surface area contributed by atoms with Crippen LogP contribution in [0.15, 0.2) is 4.99 Å². The Balaban J connectivity index is 0.00000361. The lowest BCUT2D eigenvalue weighted by atomic mass is 10.1. The second-order valence-electron chi connectivity index (χ2n) is 5.45. The molecule has 7 heteroatoms. The van der Waals surface area contributed by atoms with E-state index < -0.39 is 0 Å². The third-order valence-electron chi connectivity index (χ3n) is 3.04. The molecule has 0 aromatic rings. The lowest BCUT2D eigenvalue weighted by Crippen LogP contribution is -2.48. The predicted octanol–water partition coefficient (Wildman–Crippen LogP) is 0.503. The van der Waals surface area contributed by atoms with Crippen molar-refractivity contribution in [1.29, 1.82) is 0 Å². The molecule has 20 heavy (non-hydrogen) atoms. The maximum Gasteiger partial charge on any atom is 0.243 e. The first-order valence-electron chi connectivity index (χ1n) is 6.84. The monoisotopic (exact) mass is 398 g/mol. The van der Waals surface area contributed by atoms with Gasteiger partial charge in [-0.25, -0.2) is 4.99 Å². The molecule has 0 aromatic carbocycles. The number of aliphatic imine (C=N–C) groups is 1. The van der Waals surface area contributed by atoms with Crippen molar-refractivity contribution < 1.29 is 9.90 Å².